The number of aromatic nitrogens is 2. The van der Waals surface area contributed by atoms with Crippen molar-refractivity contribution in [3.63, 3.8) is 0 Å². The standard InChI is InChI=1S/C29H31N3O6S.H3N/c1-19-6-13-25(14-7-19)39(35,36)31(29(33)34)17-16-22-8-11-24(12-9-22)32-21(3)28(20(2)30-32)23-10-15-26(37-4)27(18-23)38-5;/h6-15,18H,16-17H2,1-5H3,(H,33,34);1H3. The predicted molar refractivity (Wildman–Crippen MR) is 152 cm³/mol. The number of hydrogen-bond donors (Lipinski definition) is 1. The van der Waals surface area contributed by atoms with Crippen molar-refractivity contribution >= 4 is 16.1 Å². The zero-order valence-corrected chi connectivity index (χ0v) is 24.3. The third-order valence-corrected chi connectivity index (χ3v) is 8.34. The highest BCUT2D eigenvalue weighted by Gasteiger charge is 2.24. The Morgan fingerprint density at radius 2 is 1.55 bits per heavy atom. The zero-order chi connectivity index (χ0) is 28.3. The van der Waals surface area contributed by atoms with Crippen molar-refractivity contribution in [1.29, 1.82) is 0 Å². The Balaban J connectivity index is 0.00000441. The molecule has 4 N–H and O–H groups in total. The minimum absolute atomic E-state index is 0. The van der Waals surface area contributed by atoms with Crippen LogP contribution in [0.4, 0.5) is 4.79 Å². The highest BCUT2D eigenvalue weighted by molar-refractivity contribution is 7.89. The van der Waals surface area contributed by atoms with Crippen molar-refractivity contribution in [3.8, 4) is 28.3 Å². The summed E-state index contributed by atoms with van der Waals surface area (Å²) in [6.07, 6.45) is -1.58. The Labute approximate surface area is 234 Å². The van der Waals surface area contributed by atoms with E-state index >= 15 is 0 Å². The Bertz CT molecular complexity index is 1600. The first-order valence-corrected chi connectivity index (χ1v) is 13.7. The summed E-state index contributed by atoms with van der Waals surface area (Å²) in [5, 5.41) is 16.4. The van der Waals surface area contributed by atoms with Crippen LogP contribution in [0.5, 0.6) is 11.5 Å². The molecular weight excluding hydrogens is 532 g/mol. The summed E-state index contributed by atoms with van der Waals surface area (Å²) in [4.78, 5) is 11.6. The molecule has 0 atom stereocenters. The molecule has 10 nitrogen and oxygen atoms in total. The summed E-state index contributed by atoms with van der Waals surface area (Å²) >= 11 is 0. The maximum Gasteiger partial charge on any atom is 0.265 e. The van der Waals surface area contributed by atoms with Crippen LogP contribution in [0.2, 0.25) is 0 Å². The second kappa shape index (κ2) is 12.2. The van der Waals surface area contributed by atoms with Gasteiger partial charge in [-0.2, -0.15) is 5.10 Å². The third kappa shape index (κ3) is 5.95. The molecule has 0 aliphatic carbocycles. The number of quaternary nitrogens is 1. The van der Waals surface area contributed by atoms with Crippen molar-refractivity contribution < 1.29 is 27.8 Å². The lowest BCUT2D eigenvalue weighted by atomic mass is 10.0. The molecule has 11 heteroatoms. The summed E-state index contributed by atoms with van der Waals surface area (Å²) in [5.41, 5.74) is 6.15. The SMILES string of the molecule is COc1ccc(-c2c(C)nn(-c3ccc(CCN(C(=O)[O-])S(=O)(=O)c4ccc(C)cc4)cc3)c2C)cc1OC.[NH4+]. The van der Waals surface area contributed by atoms with Crippen LogP contribution in [0, 0.1) is 20.8 Å². The van der Waals surface area contributed by atoms with Gasteiger partial charge in [-0.1, -0.05) is 35.9 Å². The van der Waals surface area contributed by atoms with Gasteiger partial charge in [0, 0.05) is 17.8 Å². The average molecular weight is 567 g/mol. The molecule has 0 aliphatic rings. The van der Waals surface area contributed by atoms with Gasteiger partial charge in [0.2, 0.25) is 0 Å². The molecule has 0 spiro atoms. The molecule has 1 amide bonds. The lowest BCUT2D eigenvalue weighted by Gasteiger charge is -2.24. The van der Waals surface area contributed by atoms with E-state index in [4.69, 9.17) is 14.6 Å². The molecule has 40 heavy (non-hydrogen) atoms. The molecule has 0 fully saturated rings. The summed E-state index contributed by atoms with van der Waals surface area (Å²) in [5.74, 6) is 1.27. The van der Waals surface area contributed by atoms with E-state index in [0.717, 1.165) is 39.3 Å². The quantitative estimate of drug-likeness (QED) is 0.315. The van der Waals surface area contributed by atoms with E-state index in [1.165, 1.54) is 12.1 Å². The Morgan fingerprint density at radius 1 is 0.925 bits per heavy atom. The normalized spacial score (nSPS) is 11.0. The van der Waals surface area contributed by atoms with Gasteiger partial charge in [0.15, 0.2) is 17.6 Å². The molecule has 1 aromatic heterocycles. The van der Waals surface area contributed by atoms with Crippen molar-refractivity contribution in [2.75, 3.05) is 20.8 Å². The van der Waals surface area contributed by atoms with E-state index in [-0.39, 0.29) is 24.0 Å². The first-order chi connectivity index (χ1) is 18.6. The van der Waals surface area contributed by atoms with E-state index in [2.05, 4.69) is 0 Å². The fourth-order valence-corrected chi connectivity index (χ4v) is 5.75. The lowest BCUT2D eigenvalue weighted by molar-refractivity contribution is -0.259. The van der Waals surface area contributed by atoms with Gasteiger partial charge >= 0.3 is 0 Å². The summed E-state index contributed by atoms with van der Waals surface area (Å²) in [6, 6.07) is 19.1. The number of methoxy groups -OCH3 is 2. The highest BCUT2D eigenvalue weighted by Crippen LogP contribution is 2.35. The van der Waals surface area contributed by atoms with Crippen LogP contribution in [-0.4, -0.2) is 49.4 Å². The molecule has 0 saturated carbocycles. The number of rotatable bonds is 9. The zero-order valence-electron chi connectivity index (χ0n) is 23.5. The monoisotopic (exact) mass is 566 g/mol. The maximum absolute atomic E-state index is 12.9. The lowest BCUT2D eigenvalue weighted by Crippen LogP contribution is -2.45. The molecule has 0 aliphatic heterocycles. The van der Waals surface area contributed by atoms with Gasteiger partial charge in [-0.3, -0.25) is 4.31 Å². The van der Waals surface area contributed by atoms with Gasteiger partial charge in [-0.25, -0.2) is 13.1 Å². The number of amides is 1. The second-order valence-corrected chi connectivity index (χ2v) is 11.0. The third-order valence-electron chi connectivity index (χ3n) is 6.56. The Morgan fingerprint density at radius 3 is 2.12 bits per heavy atom. The van der Waals surface area contributed by atoms with Gasteiger partial charge < -0.3 is 25.5 Å². The second-order valence-electron chi connectivity index (χ2n) is 9.10. The van der Waals surface area contributed by atoms with Crippen LogP contribution in [0.15, 0.2) is 71.6 Å². The number of carboxylic acid groups (broad SMARTS) is 1. The molecule has 0 bridgehead atoms. The van der Waals surface area contributed by atoms with Gasteiger partial charge in [-0.15, -0.1) is 0 Å². The van der Waals surface area contributed by atoms with Gasteiger partial charge in [0.25, 0.3) is 10.0 Å². The number of hydrogen-bond acceptors (Lipinski definition) is 7. The molecule has 0 radical (unpaired) electrons. The molecule has 0 unspecified atom stereocenters. The van der Waals surface area contributed by atoms with Gasteiger partial charge in [-0.05, 0) is 74.7 Å². The summed E-state index contributed by atoms with van der Waals surface area (Å²) < 4.78 is 38.8. The number of nitrogens with zero attached hydrogens (tertiary/aromatic N) is 3. The predicted octanol–water partition coefficient (Wildman–Crippen LogP) is 4.43. The van der Waals surface area contributed by atoms with E-state index in [1.807, 2.05) is 67.9 Å². The number of ether oxygens (including phenoxy) is 2. The molecule has 4 rings (SSSR count). The van der Waals surface area contributed by atoms with Gasteiger partial charge in [0.05, 0.1) is 30.5 Å². The molecular formula is C29H34N4O6S. The van der Waals surface area contributed by atoms with E-state index < -0.39 is 16.1 Å². The van der Waals surface area contributed by atoms with Gasteiger partial charge in [0.1, 0.15) is 0 Å². The Kier molecular flexibility index (Phi) is 9.23. The Hall–Kier alpha value is -4.35. The largest absolute Gasteiger partial charge is 0.529 e. The first-order valence-electron chi connectivity index (χ1n) is 12.2. The minimum Gasteiger partial charge on any atom is -0.529 e. The van der Waals surface area contributed by atoms with E-state index in [0.29, 0.717) is 15.8 Å². The molecule has 1 heterocycles. The average Bonchev–Trinajstić information content (AvgIpc) is 3.22. The first kappa shape index (κ1) is 30.2. The highest BCUT2D eigenvalue weighted by atomic mass is 32.2. The molecule has 4 aromatic rings. The fraction of sp³-hybridized carbons (Fsp3) is 0.241. The number of carbonyl (C=O) groups excluding carboxylic acids is 1. The van der Waals surface area contributed by atoms with Crippen LogP contribution < -0.4 is 20.7 Å². The van der Waals surface area contributed by atoms with Crippen LogP contribution >= 0.6 is 0 Å². The number of aryl methyl sites for hydroxylation is 2. The summed E-state index contributed by atoms with van der Waals surface area (Å²) in [6.45, 7) is 5.47. The van der Waals surface area contributed by atoms with Crippen molar-refractivity contribution in [3.05, 3.63) is 89.2 Å². The van der Waals surface area contributed by atoms with Crippen LogP contribution in [0.3, 0.4) is 0 Å². The molecule has 0 saturated heterocycles. The van der Waals surface area contributed by atoms with E-state index in [1.54, 1.807) is 26.4 Å². The number of sulfonamides is 1. The molecule has 3 aromatic carbocycles. The maximum atomic E-state index is 12.9. The summed E-state index contributed by atoms with van der Waals surface area (Å²) in [7, 11) is -1.06. The number of benzene rings is 3. The minimum atomic E-state index is -4.24. The van der Waals surface area contributed by atoms with Crippen LogP contribution in [0.1, 0.15) is 22.5 Å². The smallest absolute Gasteiger partial charge is 0.265 e. The van der Waals surface area contributed by atoms with Crippen molar-refractivity contribution in [1.82, 2.24) is 20.2 Å². The van der Waals surface area contributed by atoms with E-state index in [9.17, 15) is 18.3 Å². The van der Waals surface area contributed by atoms with Crippen molar-refractivity contribution in [2.45, 2.75) is 32.1 Å². The molecule has 212 valence electrons. The topological polar surface area (TPSA) is 150 Å². The van der Waals surface area contributed by atoms with Crippen LogP contribution in [0.25, 0.3) is 16.8 Å². The van der Waals surface area contributed by atoms with Crippen molar-refractivity contribution in [2.24, 2.45) is 0 Å². The van der Waals surface area contributed by atoms with Crippen LogP contribution in [-0.2, 0) is 16.4 Å². The number of carbonyl (C=O) groups is 1. The fourth-order valence-electron chi connectivity index (χ4n) is 4.49.